The molecular formula is C15H26N4O2. The zero-order valence-corrected chi connectivity index (χ0v) is 12.6. The van der Waals surface area contributed by atoms with Crippen molar-refractivity contribution in [1.82, 2.24) is 15.1 Å². The van der Waals surface area contributed by atoms with Crippen LogP contribution < -0.4 is 11.1 Å². The van der Waals surface area contributed by atoms with Gasteiger partial charge in [0.15, 0.2) is 0 Å². The molecule has 1 saturated carbocycles. The summed E-state index contributed by atoms with van der Waals surface area (Å²) in [6.45, 7) is 3.24. The van der Waals surface area contributed by atoms with Crippen molar-refractivity contribution < 1.29 is 9.59 Å². The zero-order valence-electron chi connectivity index (χ0n) is 12.6. The average Bonchev–Trinajstić information content (AvgIpc) is 2.89. The Bertz CT molecular complexity index is 420. The van der Waals surface area contributed by atoms with E-state index in [1.165, 1.54) is 19.3 Å². The lowest BCUT2D eigenvalue weighted by atomic mass is 9.71. The van der Waals surface area contributed by atoms with Gasteiger partial charge in [-0.1, -0.05) is 19.3 Å². The number of rotatable bonds is 3. The first-order chi connectivity index (χ1) is 10.1. The van der Waals surface area contributed by atoms with Crippen LogP contribution in [-0.2, 0) is 4.79 Å². The van der Waals surface area contributed by atoms with Crippen molar-refractivity contribution in [2.75, 3.05) is 32.7 Å². The van der Waals surface area contributed by atoms with Gasteiger partial charge in [-0.15, -0.1) is 0 Å². The van der Waals surface area contributed by atoms with E-state index in [0.717, 1.165) is 12.8 Å². The predicted molar refractivity (Wildman–Crippen MR) is 79.7 cm³/mol. The molecule has 21 heavy (non-hydrogen) atoms. The number of hydrogen-bond donors (Lipinski definition) is 2. The topological polar surface area (TPSA) is 78.7 Å². The number of nitrogens with zero attached hydrogens (tertiary/aromatic N) is 2. The molecule has 6 heteroatoms. The summed E-state index contributed by atoms with van der Waals surface area (Å²) in [6.07, 6.45) is 6.40. The fraction of sp³-hybridized carbons (Fsp3) is 0.867. The molecule has 3 aliphatic rings. The van der Waals surface area contributed by atoms with Crippen molar-refractivity contribution in [1.29, 1.82) is 0 Å². The third-order valence-electron chi connectivity index (χ3n) is 5.46. The van der Waals surface area contributed by atoms with Crippen LogP contribution in [0.4, 0.5) is 4.79 Å². The monoisotopic (exact) mass is 294 g/mol. The van der Waals surface area contributed by atoms with Gasteiger partial charge in [0.2, 0.25) is 5.91 Å². The molecule has 0 radical (unpaired) electrons. The molecule has 1 aliphatic carbocycles. The number of carbonyl (C=O) groups excluding carboxylic acids is 2. The second kappa shape index (κ2) is 5.83. The smallest absolute Gasteiger partial charge is 0.317 e. The van der Waals surface area contributed by atoms with Gasteiger partial charge in [-0.3, -0.25) is 4.79 Å². The van der Waals surface area contributed by atoms with Crippen LogP contribution in [0, 0.1) is 5.41 Å². The molecule has 3 amide bonds. The molecule has 2 heterocycles. The number of nitrogens with one attached hydrogen (secondary N) is 1. The Labute approximate surface area is 126 Å². The summed E-state index contributed by atoms with van der Waals surface area (Å²) in [5, 5.41) is 2.85. The van der Waals surface area contributed by atoms with Gasteiger partial charge >= 0.3 is 6.03 Å². The normalized spacial score (nSPS) is 28.2. The van der Waals surface area contributed by atoms with E-state index in [1.807, 2.05) is 9.80 Å². The molecule has 118 valence electrons. The number of amides is 3. The summed E-state index contributed by atoms with van der Waals surface area (Å²) in [6, 6.07) is 0.160. The van der Waals surface area contributed by atoms with Crippen molar-refractivity contribution in [3.63, 3.8) is 0 Å². The Hall–Kier alpha value is -1.30. The number of carbonyl (C=O) groups is 2. The van der Waals surface area contributed by atoms with Gasteiger partial charge in [0, 0.05) is 32.6 Å². The van der Waals surface area contributed by atoms with Crippen molar-refractivity contribution in [3.8, 4) is 0 Å². The molecule has 1 atom stereocenters. The lowest BCUT2D eigenvalue weighted by molar-refractivity contribution is -0.136. The molecule has 0 aromatic carbocycles. The maximum absolute atomic E-state index is 12.6. The third-order valence-corrected chi connectivity index (χ3v) is 5.46. The quantitative estimate of drug-likeness (QED) is 0.796. The number of nitrogens with two attached hydrogens (primary N) is 1. The van der Waals surface area contributed by atoms with Gasteiger partial charge in [0.1, 0.15) is 0 Å². The minimum Gasteiger partial charge on any atom is -0.339 e. The van der Waals surface area contributed by atoms with Crippen molar-refractivity contribution >= 4 is 11.9 Å². The standard InChI is InChI=1S/C15H26N4O2/c16-11-15(4-2-1-3-5-15)8-13(20)18-6-7-19-12(10-18)9-17-14(19)21/h12H,1-11,16H2,(H,17,21). The van der Waals surface area contributed by atoms with Crippen LogP contribution in [0.25, 0.3) is 0 Å². The van der Waals surface area contributed by atoms with E-state index in [9.17, 15) is 9.59 Å². The van der Waals surface area contributed by atoms with E-state index < -0.39 is 0 Å². The largest absolute Gasteiger partial charge is 0.339 e. The number of piperazine rings is 1. The van der Waals surface area contributed by atoms with Crippen LogP contribution in [0.3, 0.4) is 0 Å². The number of fused-ring (bicyclic) bond motifs is 1. The second-order valence-electron chi connectivity index (χ2n) is 6.81. The van der Waals surface area contributed by atoms with E-state index >= 15 is 0 Å². The Morgan fingerprint density at radius 2 is 2.05 bits per heavy atom. The Morgan fingerprint density at radius 3 is 2.76 bits per heavy atom. The van der Waals surface area contributed by atoms with Gasteiger partial charge in [0.05, 0.1) is 6.04 Å². The predicted octanol–water partition coefficient (Wildman–Crippen LogP) is 0.522. The SMILES string of the molecule is NCC1(CC(=O)N2CCN3C(=O)NCC3C2)CCCCC1. The molecule has 6 nitrogen and oxygen atoms in total. The summed E-state index contributed by atoms with van der Waals surface area (Å²) >= 11 is 0. The maximum Gasteiger partial charge on any atom is 0.317 e. The van der Waals surface area contributed by atoms with Crippen LogP contribution in [0.1, 0.15) is 38.5 Å². The lowest BCUT2D eigenvalue weighted by Gasteiger charge is -2.40. The summed E-state index contributed by atoms with van der Waals surface area (Å²) in [7, 11) is 0. The van der Waals surface area contributed by atoms with Gasteiger partial charge in [-0.25, -0.2) is 4.79 Å². The van der Waals surface area contributed by atoms with E-state index in [0.29, 0.717) is 39.1 Å². The zero-order chi connectivity index (χ0) is 14.9. The molecule has 0 spiro atoms. The summed E-state index contributed by atoms with van der Waals surface area (Å²) < 4.78 is 0. The first-order valence-corrected chi connectivity index (χ1v) is 8.16. The molecule has 0 aromatic rings. The Morgan fingerprint density at radius 1 is 1.29 bits per heavy atom. The summed E-state index contributed by atoms with van der Waals surface area (Å²) in [5.41, 5.74) is 6.01. The van der Waals surface area contributed by atoms with Crippen molar-refractivity contribution in [2.24, 2.45) is 11.1 Å². The highest BCUT2D eigenvalue weighted by molar-refractivity contribution is 5.79. The molecular weight excluding hydrogens is 268 g/mol. The van der Waals surface area contributed by atoms with Crippen molar-refractivity contribution in [2.45, 2.75) is 44.6 Å². The van der Waals surface area contributed by atoms with E-state index in [4.69, 9.17) is 5.73 Å². The highest BCUT2D eigenvalue weighted by Crippen LogP contribution is 2.39. The first kappa shape index (κ1) is 14.6. The fourth-order valence-corrected chi connectivity index (χ4v) is 4.02. The molecule has 0 bridgehead atoms. The third kappa shape index (κ3) is 2.86. The highest BCUT2D eigenvalue weighted by Gasteiger charge is 2.39. The second-order valence-corrected chi connectivity index (χ2v) is 6.81. The van der Waals surface area contributed by atoms with Crippen LogP contribution in [-0.4, -0.2) is 60.5 Å². The molecule has 3 fully saturated rings. The number of urea groups is 1. The Kier molecular flexibility index (Phi) is 4.06. The van der Waals surface area contributed by atoms with Crippen LogP contribution >= 0.6 is 0 Å². The minimum absolute atomic E-state index is 0.0119. The molecule has 2 saturated heterocycles. The van der Waals surface area contributed by atoms with Crippen LogP contribution in [0.15, 0.2) is 0 Å². The van der Waals surface area contributed by atoms with Crippen LogP contribution in [0.5, 0.6) is 0 Å². The Balaban J connectivity index is 1.59. The van der Waals surface area contributed by atoms with Gasteiger partial charge in [-0.05, 0) is 24.8 Å². The maximum atomic E-state index is 12.6. The molecule has 0 aromatic heterocycles. The van der Waals surface area contributed by atoms with E-state index in [1.54, 1.807) is 0 Å². The van der Waals surface area contributed by atoms with E-state index in [2.05, 4.69) is 5.32 Å². The van der Waals surface area contributed by atoms with Crippen molar-refractivity contribution in [3.05, 3.63) is 0 Å². The molecule has 1 unspecified atom stereocenters. The number of hydrogen-bond acceptors (Lipinski definition) is 3. The van der Waals surface area contributed by atoms with Crippen LogP contribution in [0.2, 0.25) is 0 Å². The fourth-order valence-electron chi connectivity index (χ4n) is 4.02. The molecule has 3 rings (SSSR count). The average molecular weight is 294 g/mol. The molecule has 2 aliphatic heterocycles. The lowest BCUT2D eigenvalue weighted by Crippen LogP contribution is -2.54. The van der Waals surface area contributed by atoms with Gasteiger partial charge < -0.3 is 20.9 Å². The summed E-state index contributed by atoms with van der Waals surface area (Å²) in [4.78, 5) is 28.0. The molecule has 3 N–H and O–H groups in total. The minimum atomic E-state index is 0.0119. The van der Waals surface area contributed by atoms with Gasteiger partial charge in [0.25, 0.3) is 0 Å². The highest BCUT2D eigenvalue weighted by atomic mass is 16.2. The first-order valence-electron chi connectivity index (χ1n) is 8.16. The van der Waals surface area contributed by atoms with Gasteiger partial charge in [-0.2, -0.15) is 0 Å². The van der Waals surface area contributed by atoms with E-state index in [-0.39, 0.29) is 23.4 Å². The summed E-state index contributed by atoms with van der Waals surface area (Å²) in [5.74, 6) is 0.223.